The molecule has 1 aliphatic rings. The second-order valence-corrected chi connectivity index (χ2v) is 6.69. The van der Waals surface area contributed by atoms with Crippen LogP contribution in [0, 0.1) is 0 Å². The molecule has 1 unspecified atom stereocenters. The van der Waals surface area contributed by atoms with Gasteiger partial charge in [0.1, 0.15) is 5.82 Å². The number of benzene rings is 1. The first kappa shape index (κ1) is 18.2. The fourth-order valence-corrected chi connectivity index (χ4v) is 3.16. The summed E-state index contributed by atoms with van der Waals surface area (Å²) in [6.07, 6.45) is 4.48. The standard InChI is InChI=1S/C21H29N5/c1-3-22-21(25-17(2)19-9-5-4-6-10-19)24-16-18-11-12-20(23-15-18)26-13-7-8-14-26/h4-6,9-12,15,17H,3,7-8,13-14,16H2,1-2H3,(H2,22,24,25). The number of aliphatic imine (C=N–C) groups is 1. The van der Waals surface area contributed by atoms with Gasteiger partial charge >= 0.3 is 0 Å². The van der Waals surface area contributed by atoms with Crippen molar-refractivity contribution in [3.8, 4) is 0 Å². The molecule has 0 saturated carbocycles. The maximum Gasteiger partial charge on any atom is 0.192 e. The first-order chi connectivity index (χ1) is 12.8. The number of rotatable bonds is 6. The number of hydrogen-bond acceptors (Lipinski definition) is 3. The van der Waals surface area contributed by atoms with Crippen LogP contribution in [0.4, 0.5) is 5.82 Å². The molecule has 1 saturated heterocycles. The number of hydrogen-bond donors (Lipinski definition) is 2. The SMILES string of the molecule is CCNC(=NCc1ccc(N2CCCC2)nc1)NC(C)c1ccccc1. The van der Waals surface area contributed by atoms with Gasteiger partial charge in [-0.2, -0.15) is 0 Å². The predicted octanol–water partition coefficient (Wildman–Crippen LogP) is 3.50. The van der Waals surface area contributed by atoms with Crippen LogP contribution >= 0.6 is 0 Å². The molecule has 138 valence electrons. The highest BCUT2D eigenvalue weighted by Gasteiger charge is 2.13. The Morgan fingerprint density at radius 1 is 1.15 bits per heavy atom. The summed E-state index contributed by atoms with van der Waals surface area (Å²) in [5.74, 6) is 1.91. The van der Waals surface area contributed by atoms with E-state index in [1.165, 1.54) is 18.4 Å². The number of aromatic nitrogens is 1. The third kappa shape index (κ3) is 4.97. The van der Waals surface area contributed by atoms with Crippen LogP contribution in [0.3, 0.4) is 0 Å². The van der Waals surface area contributed by atoms with Gasteiger partial charge in [-0.3, -0.25) is 0 Å². The summed E-state index contributed by atoms with van der Waals surface area (Å²) in [6.45, 7) is 7.92. The van der Waals surface area contributed by atoms with Gasteiger partial charge in [0, 0.05) is 25.8 Å². The maximum atomic E-state index is 4.72. The number of guanidine groups is 1. The van der Waals surface area contributed by atoms with Crippen molar-refractivity contribution in [2.24, 2.45) is 4.99 Å². The first-order valence-electron chi connectivity index (χ1n) is 9.56. The van der Waals surface area contributed by atoms with Gasteiger partial charge < -0.3 is 15.5 Å². The Morgan fingerprint density at radius 3 is 2.58 bits per heavy atom. The third-order valence-corrected chi connectivity index (χ3v) is 4.66. The smallest absolute Gasteiger partial charge is 0.192 e. The quantitative estimate of drug-likeness (QED) is 0.618. The van der Waals surface area contributed by atoms with Crippen LogP contribution in [0.15, 0.2) is 53.7 Å². The van der Waals surface area contributed by atoms with Crippen LogP contribution < -0.4 is 15.5 Å². The van der Waals surface area contributed by atoms with E-state index in [4.69, 9.17) is 4.99 Å². The molecule has 1 fully saturated rings. The minimum atomic E-state index is 0.199. The molecule has 1 aromatic carbocycles. The average molecular weight is 351 g/mol. The van der Waals surface area contributed by atoms with Crippen LogP contribution in [0.1, 0.15) is 43.9 Å². The minimum absolute atomic E-state index is 0.199. The number of pyridine rings is 1. The fourth-order valence-electron chi connectivity index (χ4n) is 3.16. The predicted molar refractivity (Wildman–Crippen MR) is 108 cm³/mol. The molecule has 0 aliphatic carbocycles. The molecule has 0 spiro atoms. The molecule has 1 aliphatic heterocycles. The van der Waals surface area contributed by atoms with Crippen LogP contribution in [0.5, 0.6) is 0 Å². The van der Waals surface area contributed by atoms with Gasteiger partial charge in [0.2, 0.25) is 0 Å². The summed E-state index contributed by atoms with van der Waals surface area (Å²) < 4.78 is 0. The number of anilines is 1. The molecule has 2 aromatic rings. The Labute approximate surface area is 156 Å². The van der Waals surface area contributed by atoms with E-state index in [2.05, 4.69) is 70.8 Å². The average Bonchev–Trinajstić information content (AvgIpc) is 3.22. The molecule has 1 atom stereocenters. The lowest BCUT2D eigenvalue weighted by Crippen LogP contribution is -2.38. The number of nitrogens with zero attached hydrogens (tertiary/aromatic N) is 3. The highest BCUT2D eigenvalue weighted by Crippen LogP contribution is 2.17. The van der Waals surface area contributed by atoms with Gasteiger partial charge in [-0.15, -0.1) is 0 Å². The Kier molecular flexibility index (Phi) is 6.47. The summed E-state index contributed by atoms with van der Waals surface area (Å²) in [7, 11) is 0. The zero-order valence-electron chi connectivity index (χ0n) is 15.8. The molecule has 0 bridgehead atoms. The van der Waals surface area contributed by atoms with Gasteiger partial charge in [-0.25, -0.2) is 9.98 Å². The van der Waals surface area contributed by atoms with Crippen LogP contribution in [-0.4, -0.2) is 30.6 Å². The van der Waals surface area contributed by atoms with E-state index < -0.39 is 0 Å². The van der Waals surface area contributed by atoms with E-state index in [0.717, 1.165) is 37.0 Å². The second-order valence-electron chi connectivity index (χ2n) is 6.69. The summed E-state index contributed by atoms with van der Waals surface area (Å²) >= 11 is 0. The van der Waals surface area contributed by atoms with Crippen molar-refractivity contribution in [3.63, 3.8) is 0 Å². The van der Waals surface area contributed by atoms with Crippen molar-refractivity contribution < 1.29 is 0 Å². The lowest BCUT2D eigenvalue weighted by atomic mass is 10.1. The Morgan fingerprint density at radius 2 is 1.92 bits per heavy atom. The van der Waals surface area contributed by atoms with Gasteiger partial charge in [0.25, 0.3) is 0 Å². The van der Waals surface area contributed by atoms with E-state index in [9.17, 15) is 0 Å². The van der Waals surface area contributed by atoms with Gasteiger partial charge in [0.05, 0.1) is 12.6 Å². The van der Waals surface area contributed by atoms with Crippen molar-refractivity contribution in [2.45, 2.75) is 39.3 Å². The third-order valence-electron chi connectivity index (χ3n) is 4.66. The van der Waals surface area contributed by atoms with Crippen molar-refractivity contribution in [1.29, 1.82) is 0 Å². The first-order valence-corrected chi connectivity index (χ1v) is 9.56. The largest absolute Gasteiger partial charge is 0.357 e. The van der Waals surface area contributed by atoms with Gasteiger partial charge in [-0.1, -0.05) is 36.4 Å². The van der Waals surface area contributed by atoms with E-state index in [1.807, 2.05) is 12.3 Å². The summed E-state index contributed by atoms with van der Waals surface area (Å²) in [5, 5.41) is 6.79. The Hall–Kier alpha value is -2.56. The van der Waals surface area contributed by atoms with Crippen LogP contribution in [0.25, 0.3) is 0 Å². The van der Waals surface area contributed by atoms with Crippen molar-refractivity contribution in [1.82, 2.24) is 15.6 Å². The van der Waals surface area contributed by atoms with Crippen molar-refractivity contribution in [2.75, 3.05) is 24.5 Å². The summed E-state index contributed by atoms with van der Waals surface area (Å²) in [6, 6.07) is 14.9. The zero-order valence-corrected chi connectivity index (χ0v) is 15.8. The zero-order chi connectivity index (χ0) is 18.2. The van der Waals surface area contributed by atoms with Crippen LogP contribution in [0.2, 0.25) is 0 Å². The number of nitrogens with one attached hydrogen (secondary N) is 2. The molecule has 5 nitrogen and oxygen atoms in total. The van der Waals surface area contributed by atoms with Crippen LogP contribution in [-0.2, 0) is 6.54 Å². The van der Waals surface area contributed by atoms with E-state index in [1.54, 1.807) is 0 Å². The minimum Gasteiger partial charge on any atom is -0.357 e. The molecule has 2 N–H and O–H groups in total. The van der Waals surface area contributed by atoms with E-state index in [0.29, 0.717) is 6.54 Å². The lowest BCUT2D eigenvalue weighted by molar-refractivity contribution is 0.686. The fraction of sp³-hybridized carbons (Fsp3) is 0.429. The van der Waals surface area contributed by atoms with E-state index in [-0.39, 0.29) is 6.04 Å². The van der Waals surface area contributed by atoms with Crippen molar-refractivity contribution >= 4 is 11.8 Å². The Balaban J connectivity index is 1.61. The summed E-state index contributed by atoms with van der Waals surface area (Å²) in [4.78, 5) is 11.7. The highest BCUT2D eigenvalue weighted by atomic mass is 15.2. The molecule has 5 heteroatoms. The highest BCUT2D eigenvalue weighted by molar-refractivity contribution is 5.80. The molecular formula is C21H29N5. The molecule has 0 radical (unpaired) electrons. The maximum absolute atomic E-state index is 4.72. The second kappa shape index (κ2) is 9.22. The Bertz CT molecular complexity index is 690. The molecule has 26 heavy (non-hydrogen) atoms. The molecule has 1 aromatic heterocycles. The van der Waals surface area contributed by atoms with E-state index >= 15 is 0 Å². The topological polar surface area (TPSA) is 52.6 Å². The molecule has 3 rings (SSSR count). The molecule has 0 amide bonds. The summed E-state index contributed by atoms with van der Waals surface area (Å²) in [5.41, 5.74) is 2.37. The normalized spacial score (nSPS) is 15.8. The van der Waals surface area contributed by atoms with Gasteiger partial charge in [0.15, 0.2) is 5.96 Å². The van der Waals surface area contributed by atoms with Gasteiger partial charge in [-0.05, 0) is 43.9 Å². The lowest BCUT2D eigenvalue weighted by Gasteiger charge is -2.18. The van der Waals surface area contributed by atoms with Crippen molar-refractivity contribution in [3.05, 3.63) is 59.8 Å². The monoisotopic (exact) mass is 351 g/mol. The molecule has 2 heterocycles. The molecular weight excluding hydrogens is 322 g/mol.